The van der Waals surface area contributed by atoms with E-state index in [-0.39, 0.29) is 17.3 Å². The summed E-state index contributed by atoms with van der Waals surface area (Å²) in [5, 5.41) is 0. The fraction of sp³-hybridized carbons (Fsp3) is 0.462. The van der Waals surface area contributed by atoms with E-state index >= 15 is 0 Å². The summed E-state index contributed by atoms with van der Waals surface area (Å²) < 4.78 is 15.9. The summed E-state index contributed by atoms with van der Waals surface area (Å²) in [5.41, 5.74) is 1.50. The molecule has 0 N–H and O–H groups in total. The number of esters is 1. The monoisotopic (exact) mass is 298 g/mol. The lowest BCUT2D eigenvalue weighted by molar-refractivity contribution is 0.0595. The van der Waals surface area contributed by atoms with Crippen molar-refractivity contribution in [1.82, 2.24) is 0 Å². The molecule has 102 valence electrons. The number of ether oxygens (including phenoxy) is 3. The molecule has 0 spiro atoms. The second kappa shape index (κ2) is 5.54. The summed E-state index contributed by atoms with van der Waals surface area (Å²) in [7, 11) is 1.39. The zero-order valence-electron chi connectivity index (χ0n) is 10.5. The Hall–Kier alpha value is -1.01. The average Bonchev–Trinajstić information content (AvgIpc) is 2.94. The van der Waals surface area contributed by atoms with Crippen LogP contribution in [0.5, 0.6) is 11.5 Å². The van der Waals surface area contributed by atoms with Gasteiger partial charge in [0.05, 0.1) is 11.7 Å². The van der Waals surface area contributed by atoms with Gasteiger partial charge in [-0.2, -0.15) is 0 Å². The molecule has 19 heavy (non-hydrogen) atoms. The quantitative estimate of drug-likeness (QED) is 0.782. The lowest BCUT2D eigenvalue weighted by Crippen LogP contribution is -2.10. The minimum Gasteiger partial charge on any atom is -0.465 e. The summed E-state index contributed by atoms with van der Waals surface area (Å²) in [6, 6.07) is 3.83. The van der Waals surface area contributed by atoms with Crippen molar-refractivity contribution in [3.8, 4) is 11.5 Å². The van der Waals surface area contributed by atoms with E-state index in [0.717, 1.165) is 17.1 Å². The highest BCUT2D eigenvalue weighted by Crippen LogP contribution is 2.49. The van der Waals surface area contributed by atoms with Crippen molar-refractivity contribution in [2.24, 2.45) is 0 Å². The second-order valence-corrected chi connectivity index (χ2v) is 6.91. The van der Waals surface area contributed by atoms with Crippen LogP contribution in [0.4, 0.5) is 0 Å². The molecule has 0 atom stereocenters. The molecule has 1 saturated heterocycles. The third kappa shape index (κ3) is 2.39. The molecule has 2 aliphatic rings. The first-order valence-corrected chi connectivity index (χ1v) is 8.15. The summed E-state index contributed by atoms with van der Waals surface area (Å²) in [4.78, 5) is 12.1. The number of fused-ring (bicyclic) bond motifs is 1. The van der Waals surface area contributed by atoms with Crippen LogP contribution in [0.25, 0.3) is 0 Å². The first-order chi connectivity index (χ1) is 9.31. The van der Waals surface area contributed by atoms with Crippen molar-refractivity contribution in [1.29, 1.82) is 0 Å². The van der Waals surface area contributed by atoms with E-state index in [1.165, 1.54) is 13.5 Å². The van der Waals surface area contributed by atoms with Crippen molar-refractivity contribution in [2.75, 3.05) is 25.4 Å². The number of methoxy groups -OCH3 is 1. The molecule has 3 rings (SSSR count). The van der Waals surface area contributed by atoms with Gasteiger partial charge >= 0.3 is 5.97 Å². The molecule has 1 aromatic carbocycles. The van der Waals surface area contributed by atoms with Gasteiger partial charge in [-0.1, -0.05) is 6.07 Å². The molecular weight excluding hydrogens is 284 g/mol. The van der Waals surface area contributed by atoms with Crippen LogP contribution in [0.2, 0.25) is 0 Å². The normalized spacial score (nSPS) is 18.4. The summed E-state index contributed by atoms with van der Waals surface area (Å²) in [5.74, 6) is 3.02. The van der Waals surface area contributed by atoms with E-state index in [9.17, 15) is 4.79 Å². The van der Waals surface area contributed by atoms with Crippen LogP contribution < -0.4 is 9.47 Å². The first kappa shape index (κ1) is 13.0. The SMILES string of the molecule is COC(=O)c1c(C2SCCCS2)ccc2c1OCO2. The highest BCUT2D eigenvalue weighted by atomic mass is 32.2. The molecule has 0 aliphatic carbocycles. The fourth-order valence-electron chi connectivity index (χ4n) is 2.16. The molecule has 0 bridgehead atoms. The molecule has 0 saturated carbocycles. The second-order valence-electron chi connectivity index (χ2n) is 4.18. The largest absolute Gasteiger partial charge is 0.465 e. The lowest BCUT2D eigenvalue weighted by atomic mass is 10.1. The van der Waals surface area contributed by atoms with Crippen molar-refractivity contribution in [2.45, 2.75) is 11.0 Å². The van der Waals surface area contributed by atoms with E-state index in [2.05, 4.69) is 0 Å². The number of thioether (sulfide) groups is 2. The van der Waals surface area contributed by atoms with Gasteiger partial charge in [-0.15, -0.1) is 23.5 Å². The van der Waals surface area contributed by atoms with Gasteiger partial charge < -0.3 is 14.2 Å². The van der Waals surface area contributed by atoms with Crippen LogP contribution in [0.3, 0.4) is 0 Å². The number of hydrogen-bond acceptors (Lipinski definition) is 6. The molecule has 0 amide bonds. The van der Waals surface area contributed by atoms with Gasteiger partial charge in [0.25, 0.3) is 0 Å². The van der Waals surface area contributed by atoms with E-state index < -0.39 is 0 Å². The standard InChI is InChI=1S/C13H14O4S2/c1-15-12(14)10-8(13-18-5-2-6-19-13)3-4-9-11(10)17-7-16-9/h3-4,13H,2,5-7H2,1H3. The van der Waals surface area contributed by atoms with Crippen LogP contribution in [-0.2, 0) is 4.74 Å². The molecule has 1 aromatic rings. The maximum atomic E-state index is 12.1. The maximum Gasteiger partial charge on any atom is 0.342 e. The lowest BCUT2D eigenvalue weighted by Gasteiger charge is -2.23. The maximum absolute atomic E-state index is 12.1. The molecule has 0 radical (unpaired) electrons. The van der Waals surface area contributed by atoms with E-state index in [1.54, 1.807) is 0 Å². The van der Waals surface area contributed by atoms with Gasteiger partial charge in [-0.05, 0) is 29.6 Å². The Labute approximate surface area is 120 Å². The molecule has 6 heteroatoms. The third-order valence-corrected chi connectivity index (χ3v) is 6.02. The molecule has 2 heterocycles. The average molecular weight is 298 g/mol. The summed E-state index contributed by atoms with van der Waals surface area (Å²) in [6.45, 7) is 0.160. The van der Waals surface area contributed by atoms with Crippen LogP contribution in [0, 0.1) is 0 Å². The zero-order chi connectivity index (χ0) is 13.2. The van der Waals surface area contributed by atoms with Crippen molar-refractivity contribution >= 4 is 29.5 Å². The van der Waals surface area contributed by atoms with Crippen LogP contribution in [-0.4, -0.2) is 31.4 Å². The highest BCUT2D eigenvalue weighted by molar-refractivity contribution is 8.16. The number of carbonyl (C=O) groups is 1. The Balaban J connectivity index is 2.05. The van der Waals surface area contributed by atoms with Gasteiger partial charge in [-0.3, -0.25) is 0 Å². The molecule has 4 nitrogen and oxygen atoms in total. The highest BCUT2D eigenvalue weighted by Gasteiger charge is 2.30. The molecule has 0 aromatic heterocycles. The van der Waals surface area contributed by atoms with Gasteiger partial charge in [0, 0.05) is 0 Å². The van der Waals surface area contributed by atoms with Gasteiger partial charge in [0.1, 0.15) is 5.56 Å². The van der Waals surface area contributed by atoms with Crippen LogP contribution in [0.1, 0.15) is 26.9 Å². The Morgan fingerprint density at radius 3 is 2.84 bits per heavy atom. The minimum atomic E-state index is -0.357. The number of carbonyl (C=O) groups excluding carboxylic acids is 1. The molecule has 1 fully saturated rings. The fourth-order valence-corrected chi connectivity index (χ4v) is 5.11. The van der Waals surface area contributed by atoms with Gasteiger partial charge in [0.15, 0.2) is 11.5 Å². The Bertz CT molecular complexity index is 498. The van der Waals surface area contributed by atoms with Crippen molar-refractivity contribution in [3.63, 3.8) is 0 Å². The van der Waals surface area contributed by atoms with Crippen LogP contribution in [0.15, 0.2) is 12.1 Å². The Kier molecular flexibility index (Phi) is 3.79. The molecular formula is C13H14O4S2. The Morgan fingerprint density at radius 2 is 2.11 bits per heavy atom. The third-order valence-electron chi connectivity index (χ3n) is 3.04. The molecule has 0 unspecified atom stereocenters. The van der Waals surface area contributed by atoms with Gasteiger partial charge in [0.2, 0.25) is 6.79 Å². The number of rotatable bonds is 2. The predicted octanol–water partition coefficient (Wildman–Crippen LogP) is 3.07. The number of benzene rings is 1. The van der Waals surface area contributed by atoms with Crippen molar-refractivity contribution < 1.29 is 19.0 Å². The minimum absolute atomic E-state index is 0.160. The predicted molar refractivity (Wildman–Crippen MR) is 76.2 cm³/mol. The van der Waals surface area contributed by atoms with E-state index in [1.807, 2.05) is 35.7 Å². The zero-order valence-corrected chi connectivity index (χ0v) is 12.1. The smallest absolute Gasteiger partial charge is 0.342 e. The van der Waals surface area contributed by atoms with Crippen molar-refractivity contribution in [3.05, 3.63) is 23.3 Å². The van der Waals surface area contributed by atoms with E-state index in [4.69, 9.17) is 14.2 Å². The summed E-state index contributed by atoms with van der Waals surface area (Å²) in [6.07, 6.45) is 1.21. The van der Waals surface area contributed by atoms with E-state index in [0.29, 0.717) is 17.1 Å². The summed E-state index contributed by atoms with van der Waals surface area (Å²) >= 11 is 3.73. The Morgan fingerprint density at radius 1 is 1.32 bits per heavy atom. The van der Waals surface area contributed by atoms with Gasteiger partial charge in [-0.25, -0.2) is 4.79 Å². The topological polar surface area (TPSA) is 44.8 Å². The van der Waals surface area contributed by atoms with Crippen LogP contribution >= 0.6 is 23.5 Å². The number of hydrogen-bond donors (Lipinski definition) is 0. The molecule has 2 aliphatic heterocycles. The first-order valence-electron chi connectivity index (χ1n) is 6.05.